The standard InChI is InChI=1S/C29H37N3O5/c1-4-16-35-21-24(33)18-31(19-25-13-10-17-36-25)20-26-22(2)30-32(23-11-6-5-7-12-23)29(26)37-28-15-9-8-14-27(28)34-3/h4-9,11-12,14-15,24-25,33H,1,10,13,16-21H2,2-3H3/t24-,25+/m1/s1. The van der Waals surface area contributed by atoms with Crippen molar-refractivity contribution in [3.8, 4) is 23.1 Å². The van der Waals surface area contributed by atoms with Crippen LogP contribution in [0.2, 0.25) is 0 Å². The van der Waals surface area contributed by atoms with Gasteiger partial charge in [0.2, 0.25) is 5.88 Å². The van der Waals surface area contributed by atoms with E-state index in [1.807, 2.05) is 66.2 Å². The van der Waals surface area contributed by atoms with Crippen LogP contribution in [0.1, 0.15) is 24.1 Å². The van der Waals surface area contributed by atoms with Crippen LogP contribution in [0.15, 0.2) is 67.3 Å². The zero-order chi connectivity index (χ0) is 26.0. The average Bonchev–Trinajstić information content (AvgIpc) is 3.53. The third-order valence-electron chi connectivity index (χ3n) is 6.30. The monoisotopic (exact) mass is 507 g/mol. The van der Waals surface area contributed by atoms with E-state index in [2.05, 4.69) is 11.5 Å². The molecule has 3 aromatic rings. The molecule has 37 heavy (non-hydrogen) atoms. The van der Waals surface area contributed by atoms with Gasteiger partial charge in [0.15, 0.2) is 11.5 Å². The lowest BCUT2D eigenvalue weighted by Crippen LogP contribution is -2.39. The highest BCUT2D eigenvalue weighted by Crippen LogP contribution is 2.36. The number of aromatic nitrogens is 2. The van der Waals surface area contributed by atoms with Gasteiger partial charge in [-0.2, -0.15) is 5.10 Å². The molecular formula is C29H37N3O5. The second kappa shape index (κ2) is 13.4. The van der Waals surface area contributed by atoms with Crippen LogP contribution in [0.25, 0.3) is 5.69 Å². The molecule has 0 spiro atoms. The predicted molar refractivity (Wildman–Crippen MR) is 143 cm³/mol. The minimum atomic E-state index is -0.649. The summed E-state index contributed by atoms with van der Waals surface area (Å²) in [6, 6.07) is 17.5. The maximum atomic E-state index is 10.7. The summed E-state index contributed by atoms with van der Waals surface area (Å²) in [5.41, 5.74) is 2.68. The van der Waals surface area contributed by atoms with Gasteiger partial charge in [-0.15, -0.1) is 6.58 Å². The van der Waals surface area contributed by atoms with Crippen LogP contribution in [0.4, 0.5) is 0 Å². The van der Waals surface area contributed by atoms with Gasteiger partial charge in [0.1, 0.15) is 0 Å². The minimum Gasteiger partial charge on any atom is -0.493 e. The topological polar surface area (TPSA) is 78.2 Å². The van der Waals surface area contributed by atoms with Gasteiger partial charge in [-0.3, -0.25) is 4.90 Å². The van der Waals surface area contributed by atoms with E-state index in [0.29, 0.717) is 43.6 Å². The molecule has 0 radical (unpaired) electrons. The number of hydrogen-bond acceptors (Lipinski definition) is 7. The highest BCUT2D eigenvalue weighted by Gasteiger charge is 2.26. The van der Waals surface area contributed by atoms with Gasteiger partial charge in [-0.05, 0) is 44.0 Å². The van der Waals surface area contributed by atoms with Gasteiger partial charge in [0.25, 0.3) is 0 Å². The number of aryl methyl sites for hydroxylation is 1. The van der Waals surface area contributed by atoms with Crippen molar-refractivity contribution in [3.05, 3.63) is 78.5 Å². The number of aliphatic hydroxyl groups is 1. The molecule has 198 valence electrons. The molecule has 0 saturated carbocycles. The third-order valence-corrected chi connectivity index (χ3v) is 6.30. The maximum absolute atomic E-state index is 10.7. The van der Waals surface area contributed by atoms with Crippen molar-refractivity contribution < 1.29 is 24.1 Å². The molecule has 1 aliphatic rings. The fourth-order valence-corrected chi connectivity index (χ4v) is 4.52. The third kappa shape index (κ3) is 7.20. The first-order valence-electron chi connectivity index (χ1n) is 12.7. The normalized spacial score (nSPS) is 16.2. The minimum absolute atomic E-state index is 0.129. The summed E-state index contributed by atoms with van der Waals surface area (Å²) in [6.07, 6.45) is 3.22. The van der Waals surface area contributed by atoms with Crippen molar-refractivity contribution in [2.45, 2.75) is 38.5 Å². The van der Waals surface area contributed by atoms with Gasteiger partial charge < -0.3 is 24.1 Å². The smallest absolute Gasteiger partial charge is 0.227 e. The molecule has 1 saturated heterocycles. The Bertz CT molecular complexity index is 1130. The average molecular weight is 508 g/mol. The largest absolute Gasteiger partial charge is 0.493 e. The molecule has 1 N–H and O–H groups in total. The molecule has 0 unspecified atom stereocenters. The predicted octanol–water partition coefficient (Wildman–Crippen LogP) is 4.53. The van der Waals surface area contributed by atoms with Crippen molar-refractivity contribution in [1.29, 1.82) is 0 Å². The van der Waals surface area contributed by atoms with E-state index in [1.54, 1.807) is 13.2 Å². The molecule has 8 heteroatoms. The summed E-state index contributed by atoms with van der Waals surface area (Å²) in [5, 5.41) is 15.6. The molecule has 0 aliphatic carbocycles. The van der Waals surface area contributed by atoms with E-state index >= 15 is 0 Å². The van der Waals surface area contributed by atoms with Crippen LogP contribution >= 0.6 is 0 Å². The van der Waals surface area contributed by atoms with Crippen molar-refractivity contribution >= 4 is 0 Å². The molecule has 2 heterocycles. The zero-order valence-corrected chi connectivity index (χ0v) is 21.7. The Labute approximate surface area is 219 Å². The number of para-hydroxylation sites is 3. The summed E-state index contributed by atoms with van der Waals surface area (Å²) in [4.78, 5) is 2.20. The quantitative estimate of drug-likeness (QED) is 0.254. The molecule has 4 rings (SSSR count). The lowest BCUT2D eigenvalue weighted by molar-refractivity contribution is 0.00836. The fourth-order valence-electron chi connectivity index (χ4n) is 4.52. The van der Waals surface area contributed by atoms with E-state index in [0.717, 1.165) is 36.4 Å². The van der Waals surface area contributed by atoms with E-state index in [9.17, 15) is 5.11 Å². The number of nitrogens with zero attached hydrogens (tertiary/aromatic N) is 3. The zero-order valence-electron chi connectivity index (χ0n) is 21.7. The SMILES string of the molecule is C=CCOC[C@H](O)CN(Cc1c(C)nn(-c2ccccc2)c1Oc1ccccc1OC)C[C@@H]1CCCO1. The molecule has 2 atom stereocenters. The highest BCUT2D eigenvalue weighted by atomic mass is 16.5. The lowest BCUT2D eigenvalue weighted by atomic mass is 10.1. The Kier molecular flexibility index (Phi) is 9.73. The number of hydrogen-bond donors (Lipinski definition) is 1. The lowest BCUT2D eigenvalue weighted by Gasteiger charge is -2.27. The molecule has 1 aromatic heterocycles. The molecule has 0 bridgehead atoms. The molecule has 1 fully saturated rings. The number of ether oxygens (including phenoxy) is 4. The van der Waals surface area contributed by atoms with Crippen LogP contribution < -0.4 is 9.47 Å². The Morgan fingerprint density at radius 3 is 2.65 bits per heavy atom. The van der Waals surface area contributed by atoms with Crippen LogP contribution in [0, 0.1) is 6.92 Å². The number of aliphatic hydroxyl groups excluding tert-OH is 1. The van der Waals surface area contributed by atoms with Gasteiger partial charge in [-0.25, -0.2) is 4.68 Å². The fraction of sp³-hybridized carbons (Fsp3) is 0.414. The van der Waals surface area contributed by atoms with E-state index < -0.39 is 6.10 Å². The van der Waals surface area contributed by atoms with E-state index in [-0.39, 0.29) is 12.7 Å². The molecule has 1 aliphatic heterocycles. The van der Waals surface area contributed by atoms with Crippen LogP contribution in [-0.2, 0) is 16.0 Å². The highest BCUT2D eigenvalue weighted by molar-refractivity contribution is 5.47. The van der Waals surface area contributed by atoms with Gasteiger partial charge in [0, 0.05) is 26.2 Å². The van der Waals surface area contributed by atoms with Crippen LogP contribution in [0.3, 0.4) is 0 Å². The van der Waals surface area contributed by atoms with Crippen molar-refractivity contribution in [2.24, 2.45) is 0 Å². The summed E-state index contributed by atoms with van der Waals surface area (Å²) in [7, 11) is 1.63. The first-order chi connectivity index (χ1) is 18.1. The maximum Gasteiger partial charge on any atom is 0.227 e. The Hall–Kier alpha value is -3.17. The van der Waals surface area contributed by atoms with Crippen molar-refractivity contribution in [1.82, 2.24) is 14.7 Å². The number of benzene rings is 2. The second-order valence-corrected chi connectivity index (χ2v) is 9.18. The van der Waals surface area contributed by atoms with Gasteiger partial charge in [0.05, 0.1) is 49.5 Å². The Morgan fingerprint density at radius 1 is 1.19 bits per heavy atom. The van der Waals surface area contributed by atoms with Crippen LogP contribution in [0.5, 0.6) is 17.4 Å². The van der Waals surface area contributed by atoms with Crippen molar-refractivity contribution in [2.75, 3.05) is 40.0 Å². The second-order valence-electron chi connectivity index (χ2n) is 9.18. The van der Waals surface area contributed by atoms with Gasteiger partial charge in [-0.1, -0.05) is 36.4 Å². The number of methoxy groups -OCH3 is 1. The van der Waals surface area contributed by atoms with Crippen LogP contribution in [-0.4, -0.2) is 72.0 Å². The summed E-state index contributed by atoms with van der Waals surface area (Å²) < 4.78 is 25.3. The summed E-state index contributed by atoms with van der Waals surface area (Å²) in [5.74, 6) is 1.85. The summed E-state index contributed by atoms with van der Waals surface area (Å²) >= 11 is 0. The Morgan fingerprint density at radius 2 is 1.95 bits per heavy atom. The molecule has 2 aromatic carbocycles. The number of rotatable bonds is 14. The molecule has 8 nitrogen and oxygen atoms in total. The van der Waals surface area contributed by atoms with Crippen molar-refractivity contribution in [3.63, 3.8) is 0 Å². The molecule has 0 amide bonds. The molecular weight excluding hydrogens is 470 g/mol. The van der Waals surface area contributed by atoms with E-state index in [4.69, 9.17) is 24.0 Å². The first-order valence-corrected chi connectivity index (χ1v) is 12.7. The van der Waals surface area contributed by atoms with Gasteiger partial charge >= 0.3 is 0 Å². The Balaban J connectivity index is 1.66. The van der Waals surface area contributed by atoms with E-state index in [1.165, 1.54) is 0 Å². The first kappa shape index (κ1) is 26.9. The summed E-state index contributed by atoms with van der Waals surface area (Å²) in [6.45, 7) is 8.73.